The lowest BCUT2D eigenvalue weighted by Gasteiger charge is -2.39. The molecular formula is C27H40ClNO2. The molecule has 31 heavy (non-hydrogen) atoms. The van der Waals surface area contributed by atoms with Gasteiger partial charge in [-0.2, -0.15) is 0 Å². The first-order chi connectivity index (χ1) is 14.7. The molecule has 1 heterocycles. The Labute approximate surface area is 195 Å². The molecule has 1 saturated heterocycles. The van der Waals surface area contributed by atoms with Gasteiger partial charge in [-0.05, 0) is 75.9 Å². The topological polar surface area (TPSA) is 21.7 Å². The normalized spacial score (nSPS) is 18.9. The van der Waals surface area contributed by atoms with E-state index >= 15 is 0 Å². The molecule has 2 unspecified atom stereocenters. The minimum absolute atomic E-state index is 0. The molecule has 1 aliphatic heterocycles. The van der Waals surface area contributed by atoms with Crippen molar-refractivity contribution in [3.63, 3.8) is 0 Å². The molecule has 2 aromatic carbocycles. The highest BCUT2D eigenvalue weighted by atomic mass is 35.5. The van der Waals surface area contributed by atoms with Crippen LogP contribution in [0.3, 0.4) is 0 Å². The van der Waals surface area contributed by atoms with Crippen LogP contribution in [0.5, 0.6) is 11.5 Å². The highest BCUT2D eigenvalue weighted by Gasteiger charge is 2.23. The summed E-state index contributed by atoms with van der Waals surface area (Å²) >= 11 is 0. The van der Waals surface area contributed by atoms with Crippen LogP contribution in [0.25, 0.3) is 0 Å². The van der Waals surface area contributed by atoms with Crippen LogP contribution in [0, 0.1) is 0 Å². The maximum Gasteiger partial charge on any atom is 0.120 e. The molecule has 1 aliphatic rings. The van der Waals surface area contributed by atoms with Crippen LogP contribution in [-0.4, -0.2) is 30.1 Å². The van der Waals surface area contributed by atoms with E-state index in [1.807, 2.05) is 42.5 Å². The first-order valence-electron chi connectivity index (χ1n) is 11.9. The Kier molecular flexibility index (Phi) is 11.8. The van der Waals surface area contributed by atoms with E-state index in [-0.39, 0.29) is 12.4 Å². The van der Waals surface area contributed by atoms with E-state index in [1.165, 1.54) is 57.1 Å². The molecule has 2 aromatic rings. The molecule has 0 N–H and O–H groups in total. The summed E-state index contributed by atoms with van der Waals surface area (Å²) in [6, 6.07) is 19.8. The molecule has 0 aliphatic carbocycles. The fourth-order valence-corrected chi connectivity index (χ4v) is 4.41. The number of hydrogen-bond donors (Lipinski definition) is 0. The minimum atomic E-state index is 0. The van der Waals surface area contributed by atoms with E-state index in [0.29, 0.717) is 6.61 Å². The lowest BCUT2D eigenvalue weighted by molar-refractivity contribution is 0.101. The summed E-state index contributed by atoms with van der Waals surface area (Å²) in [5.74, 6) is 1.80. The van der Waals surface area contributed by atoms with Crippen LogP contribution in [0.15, 0.2) is 54.6 Å². The van der Waals surface area contributed by atoms with Gasteiger partial charge in [0.15, 0.2) is 0 Å². The molecule has 0 radical (unpaired) electrons. The summed E-state index contributed by atoms with van der Waals surface area (Å²) in [5.41, 5.74) is 1.18. The van der Waals surface area contributed by atoms with Crippen molar-refractivity contribution in [2.24, 2.45) is 0 Å². The van der Waals surface area contributed by atoms with Crippen LogP contribution in [0.1, 0.15) is 70.8 Å². The van der Waals surface area contributed by atoms with E-state index < -0.39 is 0 Å². The number of unbranched alkanes of at least 4 members (excludes halogenated alkanes) is 4. The molecule has 1 fully saturated rings. The smallest absolute Gasteiger partial charge is 0.120 e. The van der Waals surface area contributed by atoms with Crippen molar-refractivity contribution >= 4 is 12.4 Å². The fourth-order valence-electron chi connectivity index (χ4n) is 4.41. The first-order valence-corrected chi connectivity index (χ1v) is 11.9. The maximum absolute atomic E-state index is 5.89. The average molecular weight is 446 g/mol. The van der Waals surface area contributed by atoms with Gasteiger partial charge in [0.2, 0.25) is 0 Å². The van der Waals surface area contributed by atoms with Gasteiger partial charge in [0.25, 0.3) is 0 Å². The Balaban J connectivity index is 0.00000341. The number of likely N-dealkylation sites (tertiary alicyclic amines) is 1. The van der Waals surface area contributed by atoms with Gasteiger partial charge in [0, 0.05) is 12.1 Å². The van der Waals surface area contributed by atoms with Crippen molar-refractivity contribution in [3.05, 3.63) is 60.2 Å². The van der Waals surface area contributed by atoms with Crippen molar-refractivity contribution in [1.82, 2.24) is 4.90 Å². The molecule has 4 heteroatoms. The third-order valence-corrected chi connectivity index (χ3v) is 6.28. The van der Waals surface area contributed by atoms with E-state index in [4.69, 9.17) is 9.47 Å². The second-order valence-electron chi connectivity index (χ2n) is 8.73. The summed E-state index contributed by atoms with van der Waals surface area (Å²) in [7, 11) is 0. The van der Waals surface area contributed by atoms with Gasteiger partial charge in [-0.15, -0.1) is 12.4 Å². The van der Waals surface area contributed by atoms with Gasteiger partial charge in [-0.1, -0.05) is 56.0 Å². The van der Waals surface area contributed by atoms with Crippen LogP contribution in [0.4, 0.5) is 0 Å². The summed E-state index contributed by atoms with van der Waals surface area (Å²) < 4.78 is 11.7. The fraction of sp³-hybridized carbons (Fsp3) is 0.556. The van der Waals surface area contributed by atoms with Gasteiger partial charge >= 0.3 is 0 Å². The van der Waals surface area contributed by atoms with Gasteiger partial charge in [0.05, 0.1) is 6.61 Å². The number of nitrogens with zero attached hydrogens (tertiary/aromatic N) is 1. The average Bonchev–Trinajstić information content (AvgIpc) is 2.77. The Bertz CT molecular complexity index is 697. The zero-order chi connectivity index (χ0) is 21.0. The zero-order valence-corrected chi connectivity index (χ0v) is 20.1. The molecule has 2 atom stereocenters. The van der Waals surface area contributed by atoms with E-state index in [2.05, 4.69) is 30.9 Å². The van der Waals surface area contributed by atoms with Crippen molar-refractivity contribution < 1.29 is 9.47 Å². The van der Waals surface area contributed by atoms with Crippen LogP contribution < -0.4 is 9.47 Å². The number of hydrogen-bond acceptors (Lipinski definition) is 3. The Morgan fingerprint density at radius 3 is 2.00 bits per heavy atom. The molecule has 3 nitrogen and oxygen atoms in total. The Morgan fingerprint density at radius 2 is 1.32 bits per heavy atom. The highest BCUT2D eigenvalue weighted by Crippen LogP contribution is 2.23. The van der Waals surface area contributed by atoms with Gasteiger partial charge in [-0.3, -0.25) is 4.90 Å². The quantitative estimate of drug-likeness (QED) is 0.320. The Hall–Kier alpha value is -1.71. The predicted molar refractivity (Wildman–Crippen MR) is 133 cm³/mol. The van der Waals surface area contributed by atoms with Gasteiger partial charge in [0.1, 0.15) is 18.1 Å². The number of rotatable bonds is 12. The highest BCUT2D eigenvalue weighted by molar-refractivity contribution is 5.85. The molecule has 3 rings (SSSR count). The predicted octanol–water partition coefficient (Wildman–Crippen LogP) is 7.28. The second-order valence-corrected chi connectivity index (χ2v) is 8.73. The molecule has 0 saturated carbocycles. The summed E-state index contributed by atoms with van der Waals surface area (Å²) in [5, 5.41) is 0. The second kappa shape index (κ2) is 14.4. The third-order valence-electron chi connectivity index (χ3n) is 6.28. The van der Waals surface area contributed by atoms with Crippen LogP contribution in [-0.2, 0) is 6.61 Å². The number of piperidine rings is 1. The maximum atomic E-state index is 5.89. The zero-order valence-electron chi connectivity index (χ0n) is 19.3. The largest absolute Gasteiger partial charge is 0.494 e. The molecule has 0 bridgehead atoms. The number of ether oxygens (including phenoxy) is 2. The minimum Gasteiger partial charge on any atom is -0.494 e. The van der Waals surface area contributed by atoms with Gasteiger partial charge in [-0.25, -0.2) is 0 Å². The summed E-state index contributed by atoms with van der Waals surface area (Å²) in [6.45, 7) is 7.46. The summed E-state index contributed by atoms with van der Waals surface area (Å²) in [6.07, 6.45) is 10.5. The summed E-state index contributed by atoms with van der Waals surface area (Å²) in [4.78, 5) is 2.72. The van der Waals surface area contributed by atoms with Crippen molar-refractivity contribution in [1.29, 1.82) is 0 Å². The van der Waals surface area contributed by atoms with E-state index in [9.17, 15) is 0 Å². The van der Waals surface area contributed by atoms with Crippen molar-refractivity contribution in [3.8, 4) is 11.5 Å². The third kappa shape index (κ3) is 9.13. The monoisotopic (exact) mass is 445 g/mol. The van der Waals surface area contributed by atoms with E-state index in [1.54, 1.807) is 0 Å². The molecule has 172 valence electrons. The molecular weight excluding hydrogens is 406 g/mol. The Morgan fingerprint density at radius 1 is 0.742 bits per heavy atom. The standard InChI is InChI=1S/C27H39NO2.ClH/c1-23-12-11-13-24(2)28(23)20-9-4-3-5-10-21-29-26-16-18-27(19-17-26)30-22-25-14-7-6-8-15-25;/h6-8,14-19,23-24H,3-5,9-13,20-22H2,1-2H3;1H. The molecule has 0 aromatic heterocycles. The van der Waals surface area contributed by atoms with Crippen LogP contribution >= 0.6 is 12.4 Å². The van der Waals surface area contributed by atoms with E-state index in [0.717, 1.165) is 36.6 Å². The number of benzene rings is 2. The van der Waals surface area contributed by atoms with Crippen LogP contribution in [0.2, 0.25) is 0 Å². The van der Waals surface area contributed by atoms with Crippen molar-refractivity contribution in [2.45, 2.75) is 83.9 Å². The number of halogens is 1. The first kappa shape index (κ1) is 25.5. The molecule has 0 amide bonds. The lowest BCUT2D eigenvalue weighted by Crippen LogP contribution is -2.44. The van der Waals surface area contributed by atoms with Gasteiger partial charge < -0.3 is 9.47 Å². The van der Waals surface area contributed by atoms with Crippen molar-refractivity contribution in [2.75, 3.05) is 13.2 Å². The SMILES string of the molecule is CC1CCCC(C)N1CCCCCCCOc1ccc(OCc2ccccc2)cc1.Cl. The molecule has 0 spiro atoms. The lowest BCUT2D eigenvalue weighted by atomic mass is 9.97.